The fourth-order valence-electron chi connectivity index (χ4n) is 3.42. The summed E-state index contributed by atoms with van der Waals surface area (Å²) in [5.74, 6) is 0.901. The smallest absolute Gasteiger partial charge is 0.220 e. The summed E-state index contributed by atoms with van der Waals surface area (Å²) >= 11 is 0. The van der Waals surface area contributed by atoms with Crippen molar-refractivity contribution < 1.29 is 4.79 Å². The van der Waals surface area contributed by atoms with Gasteiger partial charge in [0.1, 0.15) is 0 Å². The molecule has 2 aromatic carbocycles. The third kappa shape index (κ3) is 2.20. The average Bonchev–Trinajstić information content (AvgIpc) is 3.23. The van der Waals surface area contributed by atoms with E-state index in [2.05, 4.69) is 41.7 Å². The maximum atomic E-state index is 12.0. The van der Waals surface area contributed by atoms with Crippen LogP contribution in [0.3, 0.4) is 0 Å². The zero-order chi connectivity index (χ0) is 13.5. The molecule has 0 heterocycles. The number of hydrogen-bond donors (Lipinski definition) is 1. The van der Waals surface area contributed by atoms with Crippen LogP contribution in [0.15, 0.2) is 36.4 Å². The van der Waals surface area contributed by atoms with Gasteiger partial charge in [0.25, 0.3) is 0 Å². The van der Waals surface area contributed by atoms with Gasteiger partial charge in [0.05, 0.1) is 0 Å². The molecule has 2 heteroatoms. The summed E-state index contributed by atoms with van der Waals surface area (Å²) in [6, 6.07) is 13.3. The normalized spacial score (nSPS) is 18.2. The van der Waals surface area contributed by atoms with Crippen LogP contribution in [-0.4, -0.2) is 11.9 Å². The molecule has 4 rings (SSSR count). The van der Waals surface area contributed by atoms with Gasteiger partial charge in [0.15, 0.2) is 0 Å². The van der Waals surface area contributed by atoms with Crippen molar-refractivity contribution in [3.05, 3.63) is 47.5 Å². The predicted molar refractivity (Wildman–Crippen MR) is 80.6 cm³/mol. The van der Waals surface area contributed by atoms with Gasteiger partial charge in [-0.3, -0.25) is 4.79 Å². The highest BCUT2D eigenvalue weighted by molar-refractivity contribution is 5.90. The summed E-state index contributed by atoms with van der Waals surface area (Å²) < 4.78 is 0. The summed E-state index contributed by atoms with van der Waals surface area (Å²) in [7, 11) is 0. The summed E-state index contributed by atoms with van der Waals surface area (Å²) in [6.07, 6.45) is 5.12. The van der Waals surface area contributed by atoms with Gasteiger partial charge in [-0.15, -0.1) is 0 Å². The first-order chi connectivity index (χ1) is 9.79. The number of hydrogen-bond acceptors (Lipinski definition) is 1. The van der Waals surface area contributed by atoms with E-state index in [-0.39, 0.29) is 11.9 Å². The lowest BCUT2D eigenvalue weighted by Crippen LogP contribution is -2.39. The Morgan fingerprint density at radius 3 is 2.30 bits per heavy atom. The highest BCUT2D eigenvalue weighted by Crippen LogP contribution is 2.33. The number of amides is 1. The zero-order valence-electron chi connectivity index (χ0n) is 11.6. The molecule has 2 nitrogen and oxygen atoms in total. The number of benzene rings is 2. The monoisotopic (exact) mass is 265 g/mol. The first kappa shape index (κ1) is 12.0. The van der Waals surface area contributed by atoms with Crippen LogP contribution >= 0.6 is 0 Å². The molecule has 1 saturated carbocycles. The van der Waals surface area contributed by atoms with Crippen molar-refractivity contribution in [3.8, 4) is 0 Å². The maximum Gasteiger partial charge on any atom is 0.220 e. The van der Waals surface area contributed by atoms with Crippen LogP contribution < -0.4 is 5.32 Å². The molecule has 1 amide bonds. The molecule has 0 aliphatic heterocycles. The van der Waals surface area contributed by atoms with Crippen molar-refractivity contribution >= 4 is 16.7 Å². The first-order valence-corrected chi connectivity index (χ1v) is 7.58. The molecule has 0 spiro atoms. The Labute approximate surface area is 119 Å². The molecule has 0 radical (unpaired) electrons. The molecule has 2 aliphatic rings. The van der Waals surface area contributed by atoms with E-state index in [1.807, 2.05) is 0 Å². The van der Waals surface area contributed by atoms with E-state index >= 15 is 0 Å². The molecule has 0 bridgehead atoms. The van der Waals surface area contributed by atoms with Crippen molar-refractivity contribution in [2.24, 2.45) is 5.92 Å². The van der Waals surface area contributed by atoms with Crippen LogP contribution in [0.2, 0.25) is 0 Å². The lowest BCUT2D eigenvalue weighted by Gasteiger charge is -2.26. The Hall–Kier alpha value is -1.83. The summed E-state index contributed by atoms with van der Waals surface area (Å²) in [5.41, 5.74) is 2.75. The number of rotatable bonds is 3. The van der Waals surface area contributed by atoms with Crippen LogP contribution in [-0.2, 0) is 17.6 Å². The Morgan fingerprint density at radius 1 is 1.05 bits per heavy atom. The Bertz CT molecular complexity index is 631. The van der Waals surface area contributed by atoms with Gasteiger partial charge in [-0.05, 0) is 53.5 Å². The molecule has 2 aromatic rings. The standard InChI is InChI=1S/C18H19NO/c20-17(9-12-7-8-12)19-16-10-14-5-1-3-13-4-2-6-15(11-16)18(13)14/h1-6,12,16H,7-11H2,(H,19,20). The molecule has 0 unspecified atom stereocenters. The quantitative estimate of drug-likeness (QED) is 0.907. The van der Waals surface area contributed by atoms with Crippen molar-refractivity contribution in [1.29, 1.82) is 0 Å². The van der Waals surface area contributed by atoms with Gasteiger partial charge < -0.3 is 5.32 Å². The largest absolute Gasteiger partial charge is 0.353 e. The van der Waals surface area contributed by atoms with E-state index in [0.717, 1.165) is 19.3 Å². The Morgan fingerprint density at radius 2 is 1.70 bits per heavy atom. The van der Waals surface area contributed by atoms with Gasteiger partial charge >= 0.3 is 0 Å². The second kappa shape index (κ2) is 4.62. The fourth-order valence-corrected chi connectivity index (χ4v) is 3.42. The summed E-state index contributed by atoms with van der Waals surface area (Å²) in [4.78, 5) is 12.0. The maximum absolute atomic E-state index is 12.0. The van der Waals surface area contributed by atoms with E-state index in [1.54, 1.807) is 0 Å². The lowest BCUT2D eigenvalue weighted by molar-refractivity contribution is -0.122. The highest BCUT2D eigenvalue weighted by atomic mass is 16.1. The molecule has 1 N–H and O–H groups in total. The van der Waals surface area contributed by atoms with E-state index in [0.29, 0.717) is 5.92 Å². The molecule has 102 valence electrons. The Kier molecular flexibility index (Phi) is 2.76. The summed E-state index contributed by atoms with van der Waals surface area (Å²) in [5, 5.41) is 5.96. The second-order valence-corrected chi connectivity index (χ2v) is 6.25. The van der Waals surface area contributed by atoms with E-state index in [4.69, 9.17) is 0 Å². The fraction of sp³-hybridized carbons (Fsp3) is 0.389. The second-order valence-electron chi connectivity index (χ2n) is 6.25. The van der Waals surface area contributed by atoms with Gasteiger partial charge in [-0.25, -0.2) is 0 Å². The number of carbonyl (C=O) groups excluding carboxylic acids is 1. The minimum atomic E-state index is 0.240. The summed E-state index contributed by atoms with van der Waals surface area (Å²) in [6.45, 7) is 0. The van der Waals surface area contributed by atoms with Gasteiger partial charge in [-0.1, -0.05) is 36.4 Å². The number of carbonyl (C=O) groups is 1. The minimum absolute atomic E-state index is 0.240. The van der Waals surface area contributed by atoms with Crippen molar-refractivity contribution in [1.82, 2.24) is 5.32 Å². The molecule has 0 saturated heterocycles. The molecular formula is C18H19NO. The SMILES string of the molecule is O=C(CC1CC1)NC1Cc2cccc3cccc(c23)C1. The van der Waals surface area contributed by atoms with Crippen molar-refractivity contribution in [3.63, 3.8) is 0 Å². The molecule has 2 aliphatic carbocycles. The Balaban J connectivity index is 1.57. The average molecular weight is 265 g/mol. The van der Waals surface area contributed by atoms with E-state index < -0.39 is 0 Å². The topological polar surface area (TPSA) is 29.1 Å². The highest BCUT2D eigenvalue weighted by Gasteiger charge is 2.27. The van der Waals surface area contributed by atoms with Crippen molar-refractivity contribution in [2.45, 2.75) is 38.1 Å². The molecule has 0 atom stereocenters. The molecule has 20 heavy (non-hydrogen) atoms. The first-order valence-electron chi connectivity index (χ1n) is 7.58. The number of nitrogens with one attached hydrogen (secondary N) is 1. The van der Waals surface area contributed by atoms with Crippen LogP contribution in [0.5, 0.6) is 0 Å². The van der Waals surface area contributed by atoms with E-state index in [1.165, 1.54) is 34.7 Å². The van der Waals surface area contributed by atoms with Gasteiger partial charge in [0.2, 0.25) is 5.91 Å². The minimum Gasteiger partial charge on any atom is -0.353 e. The third-order valence-corrected chi connectivity index (χ3v) is 4.55. The third-order valence-electron chi connectivity index (χ3n) is 4.55. The molecule has 0 aromatic heterocycles. The van der Waals surface area contributed by atoms with Crippen LogP contribution in [0.1, 0.15) is 30.4 Å². The van der Waals surface area contributed by atoms with Crippen LogP contribution in [0.25, 0.3) is 10.8 Å². The van der Waals surface area contributed by atoms with Crippen molar-refractivity contribution in [2.75, 3.05) is 0 Å². The van der Waals surface area contributed by atoms with Crippen LogP contribution in [0.4, 0.5) is 0 Å². The predicted octanol–water partition coefficient (Wildman–Crippen LogP) is 3.22. The zero-order valence-corrected chi connectivity index (χ0v) is 11.6. The van der Waals surface area contributed by atoms with Gasteiger partial charge in [0, 0.05) is 12.5 Å². The van der Waals surface area contributed by atoms with Gasteiger partial charge in [-0.2, -0.15) is 0 Å². The molecule has 1 fully saturated rings. The lowest BCUT2D eigenvalue weighted by atomic mass is 9.85. The molecular weight excluding hydrogens is 246 g/mol. The van der Waals surface area contributed by atoms with E-state index in [9.17, 15) is 4.79 Å². The van der Waals surface area contributed by atoms with Crippen LogP contribution in [0, 0.1) is 5.92 Å².